The predicted octanol–water partition coefficient (Wildman–Crippen LogP) is -12.6. The molecule has 0 amide bonds. The van der Waals surface area contributed by atoms with Crippen molar-refractivity contribution < 1.29 is 112 Å². The van der Waals surface area contributed by atoms with Crippen molar-refractivity contribution in [3.8, 4) is 0 Å². The number of rotatable bonds is 16. The molecule has 22 N–H and O–H groups in total. The largest absolute Gasteiger partial charge is 0.394 e. The van der Waals surface area contributed by atoms with Crippen LogP contribution in [0.15, 0.2) is 0 Å². The highest BCUT2D eigenvalue weighted by Gasteiger charge is 2.14. The summed E-state index contributed by atoms with van der Waals surface area (Å²) in [6.45, 7) is -5.67. The van der Waals surface area contributed by atoms with E-state index in [1.165, 1.54) is 0 Å². The zero-order chi connectivity index (χ0) is 36.3. The minimum Gasteiger partial charge on any atom is -0.394 e. The van der Waals surface area contributed by atoms with Crippen LogP contribution in [0.2, 0.25) is 0 Å². The maximum absolute atomic E-state index is 8.47. The van der Waals surface area contributed by atoms with Gasteiger partial charge >= 0.3 is 0 Å². The van der Waals surface area contributed by atoms with Crippen LogP contribution in [0, 0.1) is 0 Å². The first-order chi connectivity index (χ1) is 20.5. The maximum Gasteiger partial charge on any atom is 0.105 e. The van der Waals surface area contributed by atoms with Crippen LogP contribution in [0.4, 0.5) is 0 Å². The lowest BCUT2D eigenvalue weighted by Gasteiger charge is -2.10. The Morgan fingerprint density at radius 1 is 0.182 bits per heavy atom. The van der Waals surface area contributed by atoms with Gasteiger partial charge in [0.15, 0.2) is 0 Å². The van der Waals surface area contributed by atoms with Gasteiger partial charge in [-0.15, -0.1) is 0 Å². The molecule has 44 heavy (non-hydrogen) atoms. The van der Waals surface area contributed by atoms with E-state index in [2.05, 4.69) is 0 Å². The van der Waals surface area contributed by atoms with Crippen molar-refractivity contribution in [2.45, 2.75) is 61.0 Å². The Bertz CT molecular complexity index is 383. The quantitative estimate of drug-likeness (QED) is 0.0723. The van der Waals surface area contributed by atoms with Gasteiger partial charge in [-0.25, -0.2) is 0 Å². The van der Waals surface area contributed by atoms with E-state index in [1.807, 2.05) is 0 Å². The topological polar surface area (TPSA) is 445 Å². The summed E-state index contributed by atoms with van der Waals surface area (Å²) < 4.78 is 0. The predicted molar refractivity (Wildman–Crippen MR) is 145 cm³/mol. The van der Waals surface area contributed by atoms with Crippen molar-refractivity contribution in [2.75, 3.05) is 79.3 Å². The van der Waals surface area contributed by atoms with Crippen molar-refractivity contribution in [3.63, 3.8) is 0 Å². The van der Waals surface area contributed by atoms with E-state index < -0.39 is 114 Å². The molecule has 0 radical (unpaired) electrons. The third-order valence-corrected chi connectivity index (χ3v) is 4.12. The Morgan fingerprint density at radius 3 is 0.295 bits per heavy atom. The summed E-state index contributed by atoms with van der Waals surface area (Å²) in [7, 11) is 0. The lowest BCUT2D eigenvalue weighted by Crippen LogP contribution is -2.31. The van der Waals surface area contributed by atoms with Crippen molar-refractivity contribution in [1.29, 1.82) is 0 Å². The second-order valence-corrected chi connectivity index (χ2v) is 8.04. The molecule has 0 saturated heterocycles. The van der Waals surface area contributed by atoms with Crippen LogP contribution in [0.3, 0.4) is 0 Å². The van der Waals surface area contributed by atoms with Crippen LogP contribution < -0.4 is 0 Å². The molecule has 8 atom stereocenters. The summed E-state index contributed by atoms with van der Waals surface area (Å²) in [5, 5.41) is 181. The molecule has 0 rings (SSSR count). The van der Waals surface area contributed by atoms with Gasteiger partial charge in [0.2, 0.25) is 0 Å². The molecule has 0 aliphatic rings. The lowest BCUT2D eigenvalue weighted by atomic mass is 10.2. The third kappa shape index (κ3) is 43.2. The van der Waals surface area contributed by atoms with Crippen molar-refractivity contribution in [2.24, 2.45) is 0 Å². The summed E-state index contributed by atoms with van der Waals surface area (Å²) >= 11 is 0. The van der Waals surface area contributed by atoms with Gasteiger partial charge in [0.05, 0.1) is 79.3 Å². The molecular weight excluding hydrogens is 616 g/mol. The van der Waals surface area contributed by atoms with E-state index in [0.717, 1.165) is 0 Å². The van der Waals surface area contributed by atoms with Gasteiger partial charge in [-0.1, -0.05) is 0 Å². The Morgan fingerprint density at radius 2 is 0.273 bits per heavy atom. The van der Waals surface area contributed by atoms with Gasteiger partial charge in [-0.3, -0.25) is 0 Å². The van der Waals surface area contributed by atoms with E-state index in [-0.39, 0.29) is 26.4 Å². The first kappa shape index (κ1) is 55.5. The van der Waals surface area contributed by atoms with Crippen LogP contribution in [-0.2, 0) is 0 Å². The van der Waals surface area contributed by atoms with Gasteiger partial charge in [0.1, 0.15) is 61.0 Å². The molecule has 0 aromatic carbocycles. The fraction of sp³-hybridized carbons (Fsp3) is 1.00. The van der Waals surface area contributed by atoms with E-state index in [0.29, 0.717) is 0 Å². The van der Waals surface area contributed by atoms with Crippen LogP contribution in [-0.4, -0.2) is 253 Å². The molecule has 22 heteroatoms. The molecule has 0 bridgehead atoms. The van der Waals surface area contributed by atoms with Gasteiger partial charge in [0.25, 0.3) is 0 Å². The third-order valence-electron chi connectivity index (χ3n) is 4.12. The fourth-order valence-corrected chi connectivity index (χ4v) is 1.09. The molecule has 0 spiro atoms. The summed E-state index contributed by atoms with van der Waals surface area (Å²) in [5.74, 6) is 0. The smallest absolute Gasteiger partial charge is 0.105 e. The fourth-order valence-electron chi connectivity index (χ4n) is 1.09. The van der Waals surface area contributed by atoms with Crippen LogP contribution >= 0.6 is 0 Å². The molecule has 22 nitrogen and oxygen atoms in total. The summed E-state index contributed by atoms with van der Waals surface area (Å²) in [4.78, 5) is 0. The van der Waals surface area contributed by atoms with E-state index in [9.17, 15) is 0 Å². The Balaban J connectivity index is -0.0000000989. The van der Waals surface area contributed by atoms with Crippen molar-refractivity contribution in [1.82, 2.24) is 0 Å². The number of hydrogen-bond acceptors (Lipinski definition) is 22. The zero-order valence-corrected chi connectivity index (χ0v) is 24.1. The Labute approximate surface area is 253 Å². The van der Waals surface area contributed by atoms with Gasteiger partial charge < -0.3 is 112 Å². The summed E-state index contributed by atoms with van der Waals surface area (Å²) in [5.41, 5.74) is 0. The van der Waals surface area contributed by atoms with E-state index in [1.54, 1.807) is 0 Å². The highest BCUT2D eigenvalue weighted by molar-refractivity contribution is 4.64. The average Bonchev–Trinajstić information content (AvgIpc) is 3.08. The minimum absolute atomic E-state index is 0.365. The monoisotopic (exact) mass is 672 g/mol. The standard InChI is InChI=1S/4C4H10O4.2C3H8O3/c4*5-1-3(7)4(8)2-6;2*4-1-3(6)2-5/h4*3-8H,1-2H2;2*3-6H,1-2H2. The second kappa shape index (κ2) is 42.1. The highest BCUT2D eigenvalue weighted by Crippen LogP contribution is 1.90. The SMILES string of the molecule is OCC(O)C(O)CO.OCC(O)C(O)CO.OCC(O)C(O)CO.OCC(O)C(O)CO.OCC(O)CO.OCC(O)CO. The molecule has 276 valence electrons. The van der Waals surface area contributed by atoms with Crippen molar-refractivity contribution >= 4 is 0 Å². The highest BCUT2D eigenvalue weighted by atomic mass is 16.4. The van der Waals surface area contributed by atoms with Gasteiger partial charge in [-0.2, -0.15) is 0 Å². The maximum atomic E-state index is 8.47. The first-order valence-electron chi connectivity index (χ1n) is 12.6. The van der Waals surface area contributed by atoms with Crippen LogP contribution in [0.25, 0.3) is 0 Å². The van der Waals surface area contributed by atoms with E-state index >= 15 is 0 Å². The summed E-state index contributed by atoms with van der Waals surface area (Å²) in [6.07, 6.45) is -11.7. The molecular formula is C22H56O22. The Kier molecular flexibility index (Phi) is 53.1. The normalized spacial score (nSPS) is 15.8. The lowest BCUT2D eigenvalue weighted by molar-refractivity contribution is -0.0388. The number of aliphatic hydroxyl groups is 22. The van der Waals surface area contributed by atoms with Crippen molar-refractivity contribution in [3.05, 3.63) is 0 Å². The first-order valence-corrected chi connectivity index (χ1v) is 12.6. The van der Waals surface area contributed by atoms with Gasteiger partial charge in [-0.05, 0) is 0 Å². The molecule has 8 unspecified atom stereocenters. The van der Waals surface area contributed by atoms with Crippen LogP contribution in [0.5, 0.6) is 0 Å². The average molecular weight is 673 g/mol. The molecule has 0 heterocycles. The van der Waals surface area contributed by atoms with Gasteiger partial charge in [0, 0.05) is 0 Å². The molecule has 0 saturated carbocycles. The Hall–Kier alpha value is -0.880. The molecule has 0 aliphatic heterocycles. The zero-order valence-electron chi connectivity index (χ0n) is 24.1. The molecule has 0 fully saturated rings. The second-order valence-electron chi connectivity index (χ2n) is 8.04. The summed E-state index contributed by atoms with van der Waals surface area (Å²) in [6, 6.07) is 0. The van der Waals surface area contributed by atoms with Crippen LogP contribution in [0.1, 0.15) is 0 Å². The van der Waals surface area contributed by atoms with E-state index in [4.69, 9.17) is 112 Å². The molecule has 0 aromatic heterocycles. The number of aliphatic hydroxyl groups excluding tert-OH is 22. The minimum atomic E-state index is -1.22. The number of hydrogen-bond donors (Lipinski definition) is 22. The molecule has 0 aromatic rings. The molecule has 0 aliphatic carbocycles.